The zero-order valence-electron chi connectivity index (χ0n) is 15.7. The Hall–Kier alpha value is -3.08. The van der Waals surface area contributed by atoms with Gasteiger partial charge >= 0.3 is 0 Å². The molecular weight excluding hydrogens is 340 g/mol. The number of aromatic nitrogens is 1. The first-order chi connectivity index (χ1) is 13.2. The Morgan fingerprint density at radius 1 is 1.11 bits per heavy atom. The second-order valence-corrected chi connectivity index (χ2v) is 6.31. The minimum atomic E-state index is 0.0691. The fraction of sp³-hybridized carbons (Fsp3) is 0.273. The molecule has 1 amide bonds. The van der Waals surface area contributed by atoms with Gasteiger partial charge in [-0.25, -0.2) is 4.98 Å². The highest BCUT2D eigenvalue weighted by Gasteiger charge is 2.12. The van der Waals surface area contributed by atoms with Crippen molar-refractivity contribution in [3.05, 3.63) is 72.2 Å². The van der Waals surface area contributed by atoms with E-state index < -0.39 is 0 Å². The van der Waals surface area contributed by atoms with Crippen LogP contribution in [0, 0.1) is 0 Å². The Bertz CT molecular complexity index is 857. The summed E-state index contributed by atoms with van der Waals surface area (Å²) in [5.41, 5.74) is 2.05. The molecule has 0 fully saturated rings. The number of oxazole rings is 1. The molecule has 0 saturated carbocycles. The Balaban J connectivity index is 1.53. The maximum Gasteiger partial charge on any atom is 0.223 e. The van der Waals surface area contributed by atoms with Gasteiger partial charge in [0.15, 0.2) is 11.7 Å². The van der Waals surface area contributed by atoms with Crippen molar-refractivity contribution in [2.75, 3.05) is 13.7 Å². The van der Waals surface area contributed by atoms with Crippen molar-refractivity contribution in [1.29, 1.82) is 0 Å². The summed E-state index contributed by atoms with van der Waals surface area (Å²) in [5.74, 6) is 2.16. The van der Waals surface area contributed by atoms with Crippen molar-refractivity contribution < 1.29 is 13.9 Å². The average molecular weight is 364 g/mol. The van der Waals surface area contributed by atoms with Gasteiger partial charge in [0.1, 0.15) is 5.75 Å². The SMILES string of the molecule is CCOc1ccc(-c2cnc(CCC(=O)N(C)Cc3ccccc3)o2)cc1. The smallest absolute Gasteiger partial charge is 0.223 e. The number of aryl methyl sites for hydroxylation is 1. The summed E-state index contributed by atoms with van der Waals surface area (Å²) < 4.78 is 11.2. The molecule has 0 N–H and O–H groups in total. The molecule has 0 bridgehead atoms. The highest BCUT2D eigenvalue weighted by Crippen LogP contribution is 2.23. The summed E-state index contributed by atoms with van der Waals surface area (Å²) in [5, 5.41) is 0. The van der Waals surface area contributed by atoms with Crippen LogP contribution in [0.1, 0.15) is 24.8 Å². The molecule has 3 rings (SSSR count). The molecular formula is C22H24N2O3. The van der Waals surface area contributed by atoms with Crippen molar-refractivity contribution in [3.8, 4) is 17.1 Å². The van der Waals surface area contributed by atoms with Crippen LogP contribution in [0.15, 0.2) is 65.2 Å². The molecule has 27 heavy (non-hydrogen) atoms. The van der Waals surface area contributed by atoms with Crippen molar-refractivity contribution >= 4 is 5.91 Å². The van der Waals surface area contributed by atoms with Gasteiger partial charge in [-0.15, -0.1) is 0 Å². The van der Waals surface area contributed by atoms with E-state index in [4.69, 9.17) is 9.15 Å². The first-order valence-electron chi connectivity index (χ1n) is 9.11. The second kappa shape index (κ2) is 9.03. The van der Waals surface area contributed by atoms with Crippen LogP contribution in [-0.2, 0) is 17.8 Å². The lowest BCUT2D eigenvalue weighted by Gasteiger charge is -2.16. The van der Waals surface area contributed by atoms with E-state index in [9.17, 15) is 4.79 Å². The molecule has 0 unspecified atom stereocenters. The molecule has 0 saturated heterocycles. The molecule has 0 spiro atoms. The highest BCUT2D eigenvalue weighted by atomic mass is 16.5. The van der Waals surface area contributed by atoms with E-state index in [-0.39, 0.29) is 5.91 Å². The molecule has 140 valence electrons. The van der Waals surface area contributed by atoms with Crippen LogP contribution >= 0.6 is 0 Å². The van der Waals surface area contributed by atoms with Crippen LogP contribution in [0.4, 0.5) is 0 Å². The summed E-state index contributed by atoms with van der Waals surface area (Å²) in [6.07, 6.45) is 2.55. The van der Waals surface area contributed by atoms with Crippen LogP contribution in [0.25, 0.3) is 11.3 Å². The first-order valence-corrected chi connectivity index (χ1v) is 9.11. The number of nitrogens with zero attached hydrogens (tertiary/aromatic N) is 2. The molecule has 0 aliphatic rings. The van der Waals surface area contributed by atoms with E-state index in [0.29, 0.717) is 37.6 Å². The number of amides is 1. The standard InChI is InChI=1S/C22H24N2O3/c1-3-26-19-11-9-18(10-12-19)20-15-23-21(27-20)13-14-22(25)24(2)16-17-7-5-4-6-8-17/h4-12,15H,3,13-14,16H2,1-2H3. The molecule has 0 aliphatic carbocycles. The monoisotopic (exact) mass is 364 g/mol. The van der Waals surface area contributed by atoms with Gasteiger partial charge in [0.25, 0.3) is 0 Å². The summed E-state index contributed by atoms with van der Waals surface area (Å²) in [6.45, 7) is 3.19. The number of ether oxygens (including phenoxy) is 1. The minimum absolute atomic E-state index is 0.0691. The number of hydrogen-bond acceptors (Lipinski definition) is 4. The van der Waals surface area contributed by atoms with Gasteiger partial charge in [0.05, 0.1) is 12.8 Å². The van der Waals surface area contributed by atoms with Crippen LogP contribution in [0.3, 0.4) is 0 Å². The lowest BCUT2D eigenvalue weighted by atomic mass is 10.2. The molecule has 1 heterocycles. The third kappa shape index (κ3) is 5.20. The third-order valence-electron chi connectivity index (χ3n) is 4.24. The molecule has 5 heteroatoms. The topological polar surface area (TPSA) is 55.6 Å². The molecule has 5 nitrogen and oxygen atoms in total. The van der Waals surface area contributed by atoms with Gasteiger partial charge in [-0.05, 0) is 36.8 Å². The van der Waals surface area contributed by atoms with Gasteiger partial charge in [-0.2, -0.15) is 0 Å². The fourth-order valence-corrected chi connectivity index (χ4v) is 2.79. The Morgan fingerprint density at radius 2 is 1.85 bits per heavy atom. The summed E-state index contributed by atoms with van der Waals surface area (Å²) in [6, 6.07) is 17.6. The van der Waals surface area contributed by atoms with E-state index >= 15 is 0 Å². The quantitative estimate of drug-likeness (QED) is 0.597. The van der Waals surface area contributed by atoms with E-state index in [0.717, 1.165) is 16.9 Å². The maximum atomic E-state index is 12.3. The van der Waals surface area contributed by atoms with Crippen LogP contribution in [-0.4, -0.2) is 29.4 Å². The highest BCUT2D eigenvalue weighted by molar-refractivity contribution is 5.76. The van der Waals surface area contributed by atoms with Gasteiger partial charge in [-0.3, -0.25) is 4.79 Å². The molecule has 0 radical (unpaired) electrons. The van der Waals surface area contributed by atoms with Gasteiger partial charge in [0, 0.05) is 32.0 Å². The molecule has 2 aromatic carbocycles. The number of carbonyl (C=O) groups excluding carboxylic acids is 1. The van der Waals surface area contributed by atoms with E-state index in [1.54, 1.807) is 11.1 Å². The zero-order valence-corrected chi connectivity index (χ0v) is 15.7. The number of rotatable bonds is 8. The Morgan fingerprint density at radius 3 is 2.56 bits per heavy atom. The maximum absolute atomic E-state index is 12.3. The summed E-state index contributed by atoms with van der Waals surface area (Å²) in [4.78, 5) is 18.4. The molecule has 3 aromatic rings. The third-order valence-corrected chi connectivity index (χ3v) is 4.24. The largest absolute Gasteiger partial charge is 0.494 e. The van der Waals surface area contributed by atoms with Crippen LogP contribution in [0.5, 0.6) is 5.75 Å². The van der Waals surface area contributed by atoms with Crippen molar-refractivity contribution in [1.82, 2.24) is 9.88 Å². The normalized spacial score (nSPS) is 10.6. The number of benzene rings is 2. The predicted octanol–water partition coefficient (Wildman–Crippen LogP) is 4.33. The van der Waals surface area contributed by atoms with E-state index in [1.807, 2.05) is 68.6 Å². The summed E-state index contributed by atoms with van der Waals surface area (Å²) in [7, 11) is 1.82. The van der Waals surface area contributed by atoms with Gasteiger partial charge < -0.3 is 14.1 Å². The lowest BCUT2D eigenvalue weighted by Crippen LogP contribution is -2.26. The van der Waals surface area contributed by atoms with Crippen LogP contribution in [0.2, 0.25) is 0 Å². The Kier molecular flexibility index (Phi) is 6.26. The van der Waals surface area contributed by atoms with Gasteiger partial charge in [0.2, 0.25) is 5.91 Å². The lowest BCUT2D eigenvalue weighted by molar-refractivity contribution is -0.130. The van der Waals surface area contributed by atoms with E-state index in [1.165, 1.54) is 0 Å². The molecule has 0 atom stereocenters. The first kappa shape index (κ1) is 18.7. The molecule has 1 aromatic heterocycles. The van der Waals surface area contributed by atoms with Crippen molar-refractivity contribution in [2.24, 2.45) is 0 Å². The van der Waals surface area contributed by atoms with Crippen molar-refractivity contribution in [3.63, 3.8) is 0 Å². The van der Waals surface area contributed by atoms with Crippen LogP contribution < -0.4 is 4.74 Å². The number of carbonyl (C=O) groups is 1. The zero-order chi connectivity index (χ0) is 19.1. The fourth-order valence-electron chi connectivity index (χ4n) is 2.79. The predicted molar refractivity (Wildman–Crippen MR) is 104 cm³/mol. The number of hydrogen-bond donors (Lipinski definition) is 0. The molecule has 0 aliphatic heterocycles. The second-order valence-electron chi connectivity index (χ2n) is 6.31. The van der Waals surface area contributed by atoms with Crippen molar-refractivity contribution in [2.45, 2.75) is 26.3 Å². The van der Waals surface area contributed by atoms with Gasteiger partial charge in [-0.1, -0.05) is 30.3 Å². The summed E-state index contributed by atoms with van der Waals surface area (Å²) >= 11 is 0. The average Bonchev–Trinajstić information content (AvgIpc) is 3.17. The van der Waals surface area contributed by atoms with E-state index in [2.05, 4.69) is 4.98 Å². The minimum Gasteiger partial charge on any atom is -0.494 e. The Labute approximate surface area is 159 Å².